The van der Waals surface area contributed by atoms with E-state index in [1.807, 2.05) is 12.1 Å². The van der Waals surface area contributed by atoms with E-state index in [1.54, 1.807) is 6.20 Å². The summed E-state index contributed by atoms with van der Waals surface area (Å²) in [6, 6.07) is 3.82. The summed E-state index contributed by atoms with van der Waals surface area (Å²) in [5, 5.41) is 10.0. The second-order valence-electron chi connectivity index (χ2n) is 4.20. The molecule has 2 heterocycles. The molecule has 3 N–H and O–H groups in total. The molecule has 0 amide bonds. The fraction of sp³-hybridized carbons (Fsp3) is 0.583. The van der Waals surface area contributed by atoms with Crippen molar-refractivity contribution < 1.29 is 5.11 Å². The summed E-state index contributed by atoms with van der Waals surface area (Å²) in [5.41, 5.74) is 6.39. The van der Waals surface area contributed by atoms with Crippen LogP contribution in [0.5, 0.6) is 0 Å². The monoisotopic (exact) mass is 221 g/mol. The molecule has 1 unspecified atom stereocenters. The van der Waals surface area contributed by atoms with Gasteiger partial charge in [0.25, 0.3) is 0 Å². The first-order valence-electron chi connectivity index (χ1n) is 5.91. The third-order valence-electron chi connectivity index (χ3n) is 3.02. The van der Waals surface area contributed by atoms with Crippen LogP contribution in [-0.2, 0) is 0 Å². The molecule has 16 heavy (non-hydrogen) atoms. The number of anilines is 1. The van der Waals surface area contributed by atoms with E-state index in [9.17, 15) is 5.11 Å². The highest BCUT2D eigenvalue weighted by Gasteiger charge is 2.20. The lowest BCUT2D eigenvalue weighted by molar-refractivity contribution is 0.170. The molecule has 0 spiro atoms. The van der Waals surface area contributed by atoms with Gasteiger partial charge in [-0.05, 0) is 31.9 Å². The molecule has 0 aliphatic carbocycles. The molecule has 88 valence electrons. The number of aliphatic hydroxyl groups excluding tert-OH is 1. The van der Waals surface area contributed by atoms with Crippen LogP contribution in [0.25, 0.3) is 0 Å². The van der Waals surface area contributed by atoms with Gasteiger partial charge in [-0.15, -0.1) is 0 Å². The molecule has 0 bridgehead atoms. The van der Waals surface area contributed by atoms with Gasteiger partial charge in [0.2, 0.25) is 0 Å². The largest absolute Gasteiger partial charge is 0.388 e. The smallest absolute Gasteiger partial charge is 0.134 e. The zero-order chi connectivity index (χ0) is 11.4. The first-order chi connectivity index (χ1) is 7.83. The highest BCUT2D eigenvalue weighted by atomic mass is 16.3. The second-order valence-corrected chi connectivity index (χ2v) is 4.20. The number of hydrogen-bond donors (Lipinski definition) is 2. The van der Waals surface area contributed by atoms with E-state index in [-0.39, 0.29) is 0 Å². The maximum Gasteiger partial charge on any atom is 0.134 e. The summed E-state index contributed by atoms with van der Waals surface area (Å²) in [7, 11) is 0. The molecule has 1 fully saturated rings. The van der Waals surface area contributed by atoms with Crippen LogP contribution >= 0.6 is 0 Å². The lowest BCUT2D eigenvalue weighted by Gasteiger charge is -2.22. The Kier molecular flexibility index (Phi) is 3.74. The third-order valence-corrected chi connectivity index (χ3v) is 3.02. The molecule has 1 atom stereocenters. The van der Waals surface area contributed by atoms with Gasteiger partial charge < -0.3 is 15.7 Å². The van der Waals surface area contributed by atoms with E-state index < -0.39 is 6.10 Å². The predicted molar refractivity (Wildman–Crippen MR) is 64.3 cm³/mol. The standard InChI is InChI=1S/C12H19N3O/c13-6-5-11(16)10-4-3-7-14-12(10)15-8-1-2-9-15/h3-4,7,11,16H,1-2,5-6,8-9,13H2. The number of aromatic nitrogens is 1. The minimum Gasteiger partial charge on any atom is -0.388 e. The fourth-order valence-electron chi connectivity index (χ4n) is 2.18. The predicted octanol–water partition coefficient (Wildman–Crippen LogP) is 1.06. The van der Waals surface area contributed by atoms with Gasteiger partial charge in [0, 0.05) is 24.8 Å². The van der Waals surface area contributed by atoms with Crippen molar-refractivity contribution in [2.24, 2.45) is 5.73 Å². The molecule has 1 aliphatic rings. The van der Waals surface area contributed by atoms with Gasteiger partial charge in [0.15, 0.2) is 0 Å². The molecule has 1 aliphatic heterocycles. The van der Waals surface area contributed by atoms with Crippen LogP contribution in [0.4, 0.5) is 5.82 Å². The SMILES string of the molecule is NCCC(O)c1cccnc1N1CCCC1. The summed E-state index contributed by atoms with van der Waals surface area (Å²) in [5.74, 6) is 0.931. The lowest BCUT2D eigenvalue weighted by atomic mass is 10.1. The Morgan fingerprint density at radius 2 is 2.19 bits per heavy atom. The molecule has 4 nitrogen and oxygen atoms in total. The van der Waals surface area contributed by atoms with Crippen LogP contribution in [0.15, 0.2) is 18.3 Å². The van der Waals surface area contributed by atoms with Gasteiger partial charge in [-0.25, -0.2) is 4.98 Å². The highest BCUT2D eigenvalue weighted by Crippen LogP contribution is 2.27. The topological polar surface area (TPSA) is 62.4 Å². The van der Waals surface area contributed by atoms with Crippen molar-refractivity contribution in [3.05, 3.63) is 23.9 Å². The molecule has 2 rings (SSSR count). The summed E-state index contributed by atoms with van der Waals surface area (Å²) in [6.45, 7) is 2.58. The van der Waals surface area contributed by atoms with Gasteiger partial charge in [-0.1, -0.05) is 6.07 Å². The molecule has 1 aromatic rings. The Bertz CT molecular complexity index is 337. The van der Waals surface area contributed by atoms with Crippen molar-refractivity contribution in [2.75, 3.05) is 24.5 Å². The minimum atomic E-state index is -0.491. The molecule has 1 aromatic heterocycles. The normalized spacial score (nSPS) is 17.8. The van der Waals surface area contributed by atoms with E-state index in [0.29, 0.717) is 13.0 Å². The number of rotatable bonds is 4. The van der Waals surface area contributed by atoms with Crippen LogP contribution in [0.2, 0.25) is 0 Å². The fourth-order valence-corrected chi connectivity index (χ4v) is 2.18. The first-order valence-corrected chi connectivity index (χ1v) is 5.91. The number of aliphatic hydroxyl groups is 1. The van der Waals surface area contributed by atoms with Crippen molar-refractivity contribution in [1.29, 1.82) is 0 Å². The minimum absolute atomic E-state index is 0.491. The van der Waals surface area contributed by atoms with E-state index in [0.717, 1.165) is 24.5 Å². The Morgan fingerprint density at radius 3 is 2.88 bits per heavy atom. The molecule has 0 aromatic carbocycles. The zero-order valence-electron chi connectivity index (χ0n) is 9.47. The Morgan fingerprint density at radius 1 is 1.44 bits per heavy atom. The molecule has 4 heteroatoms. The van der Waals surface area contributed by atoms with E-state index in [2.05, 4.69) is 9.88 Å². The van der Waals surface area contributed by atoms with Crippen molar-refractivity contribution in [3.8, 4) is 0 Å². The quantitative estimate of drug-likeness (QED) is 0.798. The van der Waals surface area contributed by atoms with Gasteiger partial charge in [-0.3, -0.25) is 0 Å². The van der Waals surface area contributed by atoms with E-state index in [1.165, 1.54) is 12.8 Å². The Hall–Kier alpha value is -1.13. The van der Waals surface area contributed by atoms with Gasteiger partial charge >= 0.3 is 0 Å². The van der Waals surface area contributed by atoms with Crippen molar-refractivity contribution >= 4 is 5.82 Å². The van der Waals surface area contributed by atoms with Crippen molar-refractivity contribution in [2.45, 2.75) is 25.4 Å². The number of pyridine rings is 1. The van der Waals surface area contributed by atoms with Gasteiger partial charge in [0.05, 0.1) is 6.10 Å². The average Bonchev–Trinajstić information content (AvgIpc) is 2.83. The summed E-state index contributed by atoms with van der Waals surface area (Å²) >= 11 is 0. The maximum atomic E-state index is 10.0. The van der Waals surface area contributed by atoms with Crippen LogP contribution < -0.4 is 10.6 Å². The first kappa shape index (κ1) is 11.4. The molecular formula is C12H19N3O. The van der Waals surface area contributed by atoms with Crippen LogP contribution in [0.3, 0.4) is 0 Å². The molecule has 0 radical (unpaired) electrons. The third kappa shape index (κ3) is 2.33. The second kappa shape index (κ2) is 5.27. The van der Waals surface area contributed by atoms with E-state index >= 15 is 0 Å². The molecule has 0 saturated carbocycles. The van der Waals surface area contributed by atoms with Crippen molar-refractivity contribution in [1.82, 2.24) is 4.98 Å². The average molecular weight is 221 g/mol. The lowest BCUT2D eigenvalue weighted by Crippen LogP contribution is -2.22. The molecule has 1 saturated heterocycles. The zero-order valence-corrected chi connectivity index (χ0v) is 9.47. The number of nitrogens with zero attached hydrogens (tertiary/aromatic N) is 2. The van der Waals surface area contributed by atoms with E-state index in [4.69, 9.17) is 5.73 Å². The Balaban J connectivity index is 2.22. The van der Waals surface area contributed by atoms with Crippen LogP contribution in [0.1, 0.15) is 30.9 Å². The Labute approximate surface area is 96.1 Å². The van der Waals surface area contributed by atoms with Gasteiger partial charge in [-0.2, -0.15) is 0 Å². The maximum absolute atomic E-state index is 10.0. The summed E-state index contributed by atoms with van der Waals surface area (Å²) in [4.78, 5) is 6.63. The van der Waals surface area contributed by atoms with Gasteiger partial charge in [0.1, 0.15) is 5.82 Å². The summed E-state index contributed by atoms with van der Waals surface area (Å²) in [6.07, 6.45) is 4.31. The van der Waals surface area contributed by atoms with Crippen molar-refractivity contribution in [3.63, 3.8) is 0 Å². The number of nitrogens with two attached hydrogens (primary N) is 1. The highest BCUT2D eigenvalue weighted by molar-refractivity contribution is 5.48. The summed E-state index contributed by atoms with van der Waals surface area (Å²) < 4.78 is 0. The molecular weight excluding hydrogens is 202 g/mol. The van der Waals surface area contributed by atoms with Crippen LogP contribution in [0, 0.1) is 0 Å². The number of hydrogen-bond acceptors (Lipinski definition) is 4. The van der Waals surface area contributed by atoms with Crippen LogP contribution in [-0.4, -0.2) is 29.7 Å².